The number of rotatable bonds is 9. The SMILES string of the molecule is COc1cc(C(=O)N2CC3CCC2[C@@H]3N)cc2nc(-c3cc4ccc(-c5ccc(OCC(N)=O)cc5)nc4n3CC3CC3)n(C)c12. The normalized spacial score (nSPS) is 20.6. The lowest BCUT2D eigenvalue weighted by molar-refractivity contribution is -0.119. The molecule has 11 heteroatoms. The van der Waals surface area contributed by atoms with Gasteiger partial charge in [-0.05, 0) is 92.1 Å². The number of hydrogen-bond acceptors (Lipinski definition) is 7. The maximum Gasteiger partial charge on any atom is 0.255 e. The van der Waals surface area contributed by atoms with Crippen LogP contribution in [0.1, 0.15) is 36.0 Å². The van der Waals surface area contributed by atoms with Crippen LogP contribution in [0, 0.1) is 11.8 Å². The number of amides is 2. The van der Waals surface area contributed by atoms with Gasteiger partial charge in [-0.1, -0.05) is 0 Å². The number of methoxy groups -OCH3 is 1. The Kier molecular flexibility index (Phi) is 6.75. The number of piperidine rings is 1. The molecule has 236 valence electrons. The molecule has 0 spiro atoms. The Balaban J connectivity index is 1.18. The lowest BCUT2D eigenvalue weighted by Gasteiger charge is -2.27. The van der Waals surface area contributed by atoms with Crippen molar-refractivity contribution in [1.29, 1.82) is 0 Å². The van der Waals surface area contributed by atoms with E-state index in [0.717, 1.165) is 58.7 Å². The predicted molar refractivity (Wildman–Crippen MR) is 174 cm³/mol. The average Bonchev–Trinajstić information content (AvgIpc) is 3.47. The number of pyridine rings is 1. The molecule has 2 unspecified atom stereocenters. The molecule has 3 aliphatic rings. The number of ether oxygens (including phenoxy) is 2. The van der Waals surface area contributed by atoms with Crippen LogP contribution in [0.5, 0.6) is 11.5 Å². The molecule has 2 bridgehead atoms. The van der Waals surface area contributed by atoms with E-state index >= 15 is 0 Å². The van der Waals surface area contributed by atoms with Crippen LogP contribution in [0.4, 0.5) is 0 Å². The van der Waals surface area contributed by atoms with Crippen LogP contribution in [-0.4, -0.2) is 68.2 Å². The first-order valence-electron chi connectivity index (χ1n) is 15.9. The molecule has 46 heavy (non-hydrogen) atoms. The number of nitrogens with two attached hydrogens (primary N) is 2. The summed E-state index contributed by atoms with van der Waals surface area (Å²) in [4.78, 5) is 37.0. The van der Waals surface area contributed by atoms with Crippen LogP contribution in [0.15, 0.2) is 54.6 Å². The highest BCUT2D eigenvalue weighted by Crippen LogP contribution is 2.40. The van der Waals surface area contributed by atoms with Gasteiger partial charge < -0.3 is 35.0 Å². The van der Waals surface area contributed by atoms with E-state index in [9.17, 15) is 9.59 Å². The molecule has 3 fully saturated rings. The molecule has 2 aromatic carbocycles. The van der Waals surface area contributed by atoms with Gasteiger partial charge in [-0.2, -0.15) is 0 Å². The van der Waals surface area contributed by atoms with Gasteiger partial charge in [0.25, 0.3) is 11.8 Å². The monoisotopic (exact) mass is 619 g/mol. The number of benzene rings is 2. The molecule has 5 aromatic rings. The largest absolute Gasteiger partial charge is 0.494 e. The smallest absolute Gasteiger partial charge is 0.255 e. The molecule has 4 N–H and O–H groups in total. The molecule has 3 aromatic heterocycles. The van der Waals surface area contributed by atoms with E-state index in [-0.39, 0.29) is 24.6 Å². The van der Waals surface area contributed by atoms with Crippen LogP contribution in [0.3, 0.4) is 0 Å². The summed E-state index contributed by atoms with van der Waals surface area (Å²) in [5, 5.41) is 1.02. The molecule has 2 saturated carbocycles. The minimum atomic E-state index is -0.518. The summed E-state index contributed by atoms with van der Waals surface area (Å²) in [6, 6.07) is 17.6. The second-order valence-electron chi connectivity index (χ2n) is 13.0. The van der Waals surface area contributed by atoms with E-state index in [1.807, 2.05) is 54.4 Å². The Hall–Kier alpha value is -4.90. The number of fused-ring (bicyclic) bond motifs is 4. The van der Waals surface area contributed by atoms with Crippen LogP contribution in [-0.2, 0) is 18.4 Å². The first kappa shape index (κ1) is 28.6. The lowest BCUT2D eigenvalue weighted by atomic mass is 10.1. The van der Waals surface area contributed by atoms with Gasteiger partial charge in [-0.15, -0.1) is 0 Å². The maximum absolute atomic E-state index is 13.7. The van der Waals surface area contributed by atoms with Crippen LogP contribution >= 0.6 is 0 Å². The quantitative estimate of drug-likeness (QED) is 0.253. The fourth-order valence-electron chi connectivity index (χ4n) is 7.36. The van der Waals surface area contributed by atoms with E-state index in [1.165, 1.54) is 12.8 Å². The molecule has 0 radical (unpaired) electrons. The lowest BCUT2D eigenvalue weighted by Crippen LogP contribution is -2.41. The van der Waals surface area contributed by atoms with Crippen LogP contribution in [0.2, 0.25) is 0 Å². The fraction of sp³-hybridized carbons (Fsp3) is 0.371. The topological polar surface area (TPSA) is 144 Å². The molecule has 11 nitrogen and oxygen atoms in total. The van der Waals surface area contributed by atoms with Crippen molar-refractivity contribution in [1.82, 2.24) is 24.0 Å². The van der Waals surface area contributed by atoms with Crippen LogP contribution < -0.4 is 20.9 Å². The van der Waals surface area contributed by atoms with Crippen LogP contribution in [0.25, 0.3) is 44.8 Å². The first-order valence-corrected chi connectivity index (χ1v) is 15.9. The second-order valence-corrected chi connectivity index (χ2v) is 13.0. The molecule has 2 amide bonds. The fourth-order valence-corrected chi connectivity index (χ4v) is 7.36. The third-order valence-corrected chi connectivity index (χ3v) is 9.96. The van der Waals surface area contributed by atoms with Gasteiger partial charge in [-0.25, -0.2) is 9.97 Å². The predicted octanol–water partition coefficient (Wildman–Crippen LogP) is 4.10. The molecular formula is C35H37N7O4. The van der Waals surface area contributed by atoms with Crippen molar-refractivity contribution < 1.29 is 19.1 Å². The number of aromatic nitrogens is 4. The molecule has 1 aliphatic heterocycles. The molecule has 8 rings (SSSR count). The number of carbonyl (C=O) groups excluding carboxylic acids is 2. The van der Waals surface area contributed by atoms with Gasteiger partial charge in [-0.3, -0.25) is 9.59 Å². The van der Waals surface area contributed by atoms with E-state index < -0.39 is 5.91 Å². The number of likely N-dealkylation sites (tertiary alicyclic amines) is 1. The van der Waals surface area contributed by atoms with Gasteiger partial charge in [0.2, 0.25) is 0 Å². The Morgan fingerprint density at radius 3 is 2.48 bits per heavy atom. The maximum atomic E-state index is 13.7. The van der Waals surface area contributed by atoms with Crippen molar-refractivity contribution in [2.75, 3.05) is 20.3 Å². The third-order valence-electron chi connectivity index (χ3n) is 9.96. The molecular weight excluding hydrogens is 582 g/mol. The standard InChI is InChI=1S/C35H37N7O4/c1-40-32-26(13-23(15-29(32)45-2)35(44)42-17-22-8-12-27(42)31(22)37)39-34(40)28-14-21-7-11-25(38-33(21)41(28)16-19-3-4-19)20-5-9-24(10-6-20)46-18-30(36)43/h5-7,9-11,13-15,19,22,27,31H,3-4,8,12,16-18,37H2,1-2H3,(H2,36,43)/t22?,27?,31-/m1/s1. The van der Waals surface area contributed by atoms with Gasteiger partial charge in [0.15, 0.2) is 12.4 Å². The van der Waals surface area contributed by atoms with Crippen molar-refractivity contribution in [2.24, 2.45) is 30.4 Å². The molecule has 2 aliphatic carbocycles. The first-order chi connectivity index (χ1) is 22.3. The Bertz CT molecular complexity index is 2010. The number of hydrogen-bond donors (Lipinski definition) is 2. The summed E-state index contributed by atoms with van der Waals surface area (Å²) in [7, 11) is 3.63. The van der Waals surface area contributed by atoms with Gasteiger partial charge in [0, 0.05) is 48.7 Å². The van der Waals surface area contributed by atoms with Gasteiger partial charge in [0.05, 0.1) is 24.0 Å². The minimum Gasteiger partial charge on any atom is -0.494 e. The highest BCUT2D eigenvalue weighted by molar-refractivity contribution is 6.00. The molecule has 3 atom stereocenters. The zero-order valence-electron chi connectivity index (χ0n) is 26.0. The van der Waals surface area contributed by atoms with Gasteiger partial charge >= 0.3 is 0 Å². The zero-order chi connectivity index (χ0) is 31.7. The summed E-state index contributed by atoms with van der Waals surface area (Å²) < 4.78 is 15.6. The van der Waals surface area contributed by atoms with E-state index in [1.54, 1.807) is 7.11 Å². The number of carbonyl (C=O) groups is 2. The summed E-state index contributed by atoms with van der Waals surface area (Å²) in [5.74, 6) is 2.42. The number of imidazole rings is 1. The number of aryl methyl sites for hydroxylation is 1. The van der Waals surface area contributed by atoms with Crippen molar-refractivity contribution in [3.8, 4) is 34.3 Å². The Labute approximate surface area is 266 Å². The molecule has 4 heterocycles. The Morgan fingerprint density at radius 2 is 1.80 bits per heavy atom. The number of primary amides is 1. The highest BCUT2D eigenvalue weighted by atomic mass is 16.5. The average molecular weight is 620 g/mol. The van der Waals surface area contributed by atoms with Crippen molar-refractivity contribution in [3.05, 3.63) is 60.2 Å². The van der Waals surface area contributed by atoms with E-state index in [2.05, 4.69) is 21.3 Å². The third kappa shape index (κ3) is 4.77. The summed E-state index contributed by atoms with van der Waals surface area (Å²) in [5.41, 5.74) is 17.4. The second kappa shape index (κ2) is 10.9. The highest BCUT2D eigenvalue weighted by Gasteiger charge is 2.47. The van der Waals surface area contributed by atoms with Crippen molar-refractivity contribution in [2.45, 2.75) is 44.3 Å². The van der Waals surface area contributed by atoms with Gasteiger partial charge in [0.1, 0.15) is 22.7 Å². The summed E-state index contributed by atoms with van der Waals surface area (Å²) in [6.45, 7) is 1.39. The summed E-state index contributed by atoms with van der Waals surface area (Å²) >= 11 is 0. The van der Waals surface area contributed by atoms with E-state index in [4.69, 9.17) is 30.9 Å². The molecule has 1 saturated heterocycles. The van der Waals surface area contributed by atoms with Crippen molar-refractivity contribution >= 4 is 33.9 Å². The summed E-state index contributed by atoms with van der Waals surface area (Å²) in [6.07, 6.45) is 4.43. The minimum absolute atomic E-state index is 0.0120. The van der Waals surface area contributed by atoms with Crippen molar-refractivity contribution in [3.63, 3.8) is 0 Å². The van der Waals surface area contributed by atoms with E-state index in [0.29, 0.717) is 41.0 Å². The number of nitrogens with zero attached hydrogens (tertiary/aromatic N) is 5. The Morgan fingerprint density at radius 1 is 1.00 bits per heavy atom. The zero-order valence-corrected chi connectivity index (χ0v) is 26.0.